The lowest BCUT2D eigenvalue weighted by Crippen LogP contribution is -2.16. The Hall–Kier alpha value is -1.78. The molecule has 0 saturated heterocycles. The lowest BCUT2D eigenvalue weighted by molar-refractivity contribution is -0.115. The lowest BCUT2D eigenvalue weighted by Gasteiger charge is -2.09. The van der Waals surface area contributed by atoms with E-state index < -0.39 is 0 Å². The minimum atomic E-state index is -0.305. The number of anilines is 1. The Morgan fingerprint density at radius 2 is 2.15 bits per heavy atom. The zero-order valence-corrected chi connectivity index (χ0v) is 12.2. The van der Waals surface area contributed by atoms with E-state index in [0.717, 1.165) is 5.56 Å². The highest BCUT2D eigenvalue weighted by atomic mass is 35.5. The molecule has 0 spiro atoms. The standard InChI is InChI=1S/C14H12Cl2N2O2/c1-8-3-2-4-17-11(8)7-13(19)18-12-6-9(15)5-10(16)14(12)20/h2-6,20H,7H2,1H3,(H,18,19). The van der Waals surface area contributed by atoms with Crippen molar-refractivity contribution in [3.8, 4) is 5.75 Å². The van der Waals surface area contributed by atoms with E-state index in [9.17, 15) is 9.90 Å². The first-order chi connectivity index (χ1) is 9.47. The molecular formula is C14H12Cl2N2O2. The van der Waals surface area contributed by atoms with Crippen LogP contribution in [0.5, 0.6) is 5.75 Å². The van der Waals surface area contributed by atoms with Crippen LogP contribution >= 0.6 is 23.2 Å². The number of rotatable bonds is 3. The van der Waals surface area contributed by atoms with E-state index in [0.29, 0.717) is 10.7 Å². The molecule has 0 saturated carbocycles. The van der Waals surface area contributed by atoms with Gasteiger partial charge in [-0.25, -0.2) is 0 Å². The zero-order valence-electron chi connectivity index (χ0n) is 10.7. The Balaban J connectivity index is 2.15. The maximum Gasteiger partial charge on any atom is 0.230 e. The molecule has 2 rings (SSSR count). The van der Waals surface area contributed by atoms with Crippen molar-refractivity contribution in [1.29, 1.82) is 0 Å². The summed E-state index contributed by atoms with van der Waals surface area (Å²) in [6, 6.07) is 6.52. The first-order valence-corrected chi connectivity index (χ1v) is 6.61. The van der Waals surface area contributed by atoms with Crippen molar-refractivity contribution in [3.63, 3.8) is 0 Å². The number of aromatic nitrogens is 1. The van der Waals surface area contributed by atoms with Crippen LogP contribution in [-0.4, -0.2) is 16.0 Å². The van der Waals surface area contributed by atoms with E-state index in [4.69, 9.17) is 23.2 Å². The smallest absolute Gasteiger partial charge is 0.230 e. The fraction of sp³-hybridized carbons (Fsp3) is 0.143. The number of benzene rings is 1. The van der Waals surface area contributed by atoms with Crippen LogP contribution in [0, 0.1) is 6.92 Å². The predicted molar refractivity (Wildman–Crippen MR) is 79.4 cm³/mol. The number of hydrogen-bond donors (Lipinski definition) is 2. The van der Waals surface area contributed by atoms with Crippen molar-refractivity contribution in [2.45, 2.75) is 13.3 Å². The average Bonchev–Trinajstić information content (AvgIpc) is 2.38. The first kappa shape index (κ1) is 14.6. The summed E-state index contributed by atoms with van der Waals surface area (Å²) in [6.07, 6.45) is 1.74. The third-order valence-electron chi connectivity index (χ3n) is 2.75. The maximum atomic E-state index is 12.0. The predicted octanol–water partition coefficient (Wildman–Crippen LogP) is 3.58. The molecule has 0 atom stereocenters. The molecule has 2 aromatic rings. The van der Waals surface area contributed by atoms with Crippen LogP contribution in [0.2, 0.25) is 10.0 Å². The molecule has 4 nitrogen and oxygen atoms in total. The third kappa shape index (κ3) is 3.40. The normalized spacial score (nSPS) is 10.3. The van der Waals surface area contributed by atoms with Gasteiger partial charge in [-0.3, -0.25) is 9.78 Å². The number of amides is 1. The molecule has 104 valence electrons. The second kappa shape index (κ2) is 6.11. The molecule has 0 fully saturated rings. The van der Waals surface area contributed by atoms with Crippen LogP contribution in [-0.2, 0) is 11.2 Å². The summed E-state index contributed by atoms with van der Waals surface area (Å²) >= 11 is 11.6. The number of nitrogens with one attached hydrogen (secondary N) is 1. The van der Waals surface area contributed by atoms with E-state index in [-0.39, 0.29) is 28.8 Å². The van der Waals surface area contributed by atoms with Crippen molar-refractivity contribution in [2.75, 3.05) is 5.32 Å². The largest absolute Gasteiger partial charge is 0.504 e. The first-order valence-electron chi connectivity index (χ1n) is 5.85. The molecule has 1 aromatic heterocycles. The van der Waals surface area contributed by atoms with E-state index >= 15 is 0 Å². The second-order valence-corrected chi connectivity index (χ2v) is 5.12. The van der Waals surface area contributed by atoms with Gasteiger partial charge in [0.1, 0.15) is 0 Å². The summed E-state index contributed by atoms with van der Waals surface area (Å²) in [5, 5.41) is 12.8. The van der Waals surface area contributed by atoms with Crippen molar-refractivity contribution < 1.29 is 9.90 Å². The Bertz CT molecular complexity index is 660. The highest BCUT2D eigenvalue weighted by Gasteiger charge is 2.12. The fourth-order valence-corrected chi connectivity index (χ4v) is 2.20. The molecule has 0 aliphatic heterocycles. The fourth-order valence-electron chi connectivity index (χ4n) is 1.71. The van der Waals surface area contributed by atoms with Gasteiger partial charge in [-0.2, -0.15) is 0 Å². The number of carbonyl (C=O) groups is 1. The quantitative estimate of drug-likeness (QED) is 0.852. The van der Waals surface area contributed by atoms with Gasteiger partial charge in [-0.15, -0.1) is 0 Å². The third-order valence-corrected chi connectivity index (χ3v) is 3.25. The van der Waals surface area contributed by atoms with Crippen LogP contribution in [0.15, 0.2) is 30.5 Å². The minimum absolute atomic E-state index is 0.0850. The summed E-state index contributed by atoms with van der Waals surface area (Å²) in [4.78, 5) is 16.1. The number of aromatic hydroxyl groups is 1. The molecule has 1 heterocycles. The molecule has 20 heavy (non-hydrogen) atoms. The Labute approximate surface area is 126 Å². The number of halogens is 2. The number of hydrogen-bond acceptors (Lipinski definition) is 3. The Morgan fingerprint density at radius 1 is 1.40 bits per heavy atom. The molecule has 6 heteroatoms. The molecular weight excluding hydrogens is 299 g/mol. The van der Waals surface area contributed by atoms with Crippen molar-refractivity contribution >= 4 is 34.8 Å². The average molecular weight is 311 g/mol. The van der Waals surface area contributed by atoms with Gasteiger partial charge in [0.25, 0.3) is 0 Å². The molecule has 1 aromatic carbocycles. The van der Waals surface area contributed by atoms with Crippen molar-refractivity contribution in [2.24, 2.45) is 0 Å². The number of nitrogens with zero attached hydrogens (tertiary/aromatic N) is 1. The van der Waals surface area contributed by atoms with E-state index in [1.54, 1.807) is 12.3 Å². The van der Waals surface area contributed by atoms with Crippen molar-refractivity contribution in [3.05, 3.63) is 51.8 Å². The highest BCUT2D eigenvalue weighted by molar-refractivity contribution is 6.36. The molecule has 0 aliphatic carbocycles. The summed E-state index contributed by atoms with van der Waals surface area (Å²) in [6.45, 7) is 1.88. The molecule has 0 unspecified atom stereocenters. The van der Waals surface area contributed by atoms with Gasteiger partial charge >= 0.3 is 0 Å². The minimum Gasteiger partial charge on any atom is -0.504 e. The van der Waals surface area contributed by atoms with Crippen LogP contribution in [0.1, 0.15) is 11.3 Å². The number of aryl methyl sites for hydroxylation is 1. The SMILES string of the molecule is Cc1cccnc1CC(=O)Nc1cc(Cl)cc(Cl)c1O. The molecule has 1 amide bonds. The van der Waals surface area contributed by atoms with Crippen LogP contribution in [0.4, 0.5) is 5.69 Å². The monoisotopic (exact) mass is 310 g/mol. The number of phenols is 1. The van der Waals surface area contributed by atoms with E-state index in [2.05, 4.69) is 10.3 Å². The molecule has 0 radical (unpaired) electrons. The number of carbonyl (C=O) groups excluding carboxylic acids is 1. The van der Waals surface area contributed by atoms with Gasteiger partial charge in [-0.1, -0.05) is 29.3 Å². The second-order valence-electron chi connectivity index (χ2n) is 4.28. The summed E-state index contributed by atoms with van der Waals surface area (Å²) in [5.74, 6) is -0.511. The van der Waals surface area contributed by atoms with Gasteiger partial charge in [0, 0.05) is 11.2 Å². The number of pyridine rings is 1. The summed E-state index contributed by atoms with van der Waals surface area (Å²) in [5.41, 5.74) is 1.79. The zero-order chi connectivity index (χ0) is 14.7. The van der Waals surface area contributed by atoms with Gasteiger partial charge < -0.3 is 10.4 Å². The van der Waals surface area contributed by atoms with Gasteiger partial charge in [0.15, 0.2) is 5.75 Å². The maximum absolute atomic E-state index is 12.0. The summed E-state index contributed by atoms with van der Waals surface area (Å²) < 4.78 is 0. The van der Waals surface area contributed by atoms with E-state index in [1.165, 1.54) is 12.1 Å². The molecule has 0 bridgehead atoms. The van der Waals surface area contributed by atoms with Crippen LogP contribution in [0.3, 0.4) is 0 Å². The van der Waals surface area contributed by atoms with Gasteiger partial charge in [0.05, 0.1) is 22.8 Å². The Kier molecular flexibility index (Phi) is 4.47. The van der Waals surface area contributed by atoms with Crippen LogP contribution < -0.4 is 5.32 Å². The van der Waals surface area contributed by atoms with Crippen molar-refractivity contribution in [1.82, 2.24) is 4.98 Å². The van der Waals surface area contributed by atoms with E-state index in [1.807, 2.05) is 13.0 Å². The van der Waals surface area contributed by atoms with Crippen LogP contribution in [0.25, 0.3) is 0 Å². The topological polar surface area (TPSA) is 62.2 Å². The Morgan fingerprint density at radius 3 is 2.85 bits per heavy atom. The lowest BCUT2D eigenvalue weighted by atomic mass is 10.1. The molecule has 0 aliphatic rings. The van der Waals surface area contributed by atoms with Gasteiger partial charge in [-0.05, 0) is 30.7 Å². The summed E-state index contributed by atoms with van der Waals surface area (Å²) in [7, 11) is 0. The number of phenolic OH excluding ortho intramolecular Hbond substituents is 1. The molecule has 2 N–H and O–H groups in total. The highest BCUT2D eigenvalue weighted by Crippen LogP contribution is 2.35. The van der Waals surface area contributed by atoms with Gasteiger partial charge in [0.2, 0.25) is 5.91 Å².